The van der Waals surface area contributed by atoms with Crippen molar-refractivity contribution in [2.45, 2.75) is 19.7 Å². The van der Waals surface area contributed by atoms with Gasteiger partial charge in [0.25, 0.3) is 0 Å². The zero-order valence-corrected chi connectivity index (χ0v) is 16.5. The third-order valence-corrected chi connectivity index (χ3v) is 4.30. The van der Waals surface area contributed by atoms with Crippen LogP contribution in [-0.4, -0.2) is 0 Å². The molecule has 5 heteroatoms. The van der Waals surface area contributed by atoms with E-state index in [2.05, 4.69) is 17.4 Å². The maximum Gasteiger partial charge on any atom is 0.124 e. The molecule has 1 N–H and O–H groups in total. The first-order chi connectivity index (χ1) is 12.2. The molecule has 3 aromatic carbocycles. The molecule has 3 rings (SSSR count). The first-order valence-electron chi connectivity index (χ1n) is 8.11. The van der Waals surface area contributed by atoms with Gasteiger partial charge in [0.15, 0.2) is 0 Å². The van der Waals surface area contributed by atoms with Crippen molar-refractivity contribution >= 4 is 35.6 Å². The molecule has 0 amide bonds. The second-order valence-corrected chi connectivity index (χ2v) is 6.63. The molecule has 0 unspecified atom stereocenters. The standard InChI is InChI=1S/C21H19Cl2NO.ClH/c22-19-8-6-17(7-9-19)15-25-21-11-10-20(23)12-18(21)14-24-13-16-4-2-1-3-5-16;/h1-12,24H,13-15H2;1H. The first-order valence-corrected chi connectivity index (χ1v) is 8.86. The van der Waals surface area contributed by atoms with Gasteiger partial charge in [0.05, 0.1) is 0 Å². The summed E-state index contributed by atoms with van der Waals surface area (Å²) in [7, 11) is 0. The molecule has 0 heterocycles. The van der Waals surface area contributed by atoms with Crippen molar-refractivity contribution in [2.75, 3.05) is 0 Å². The van der Waals surface area contributed by atoms with Gasteiger partial charge in [-0.2, -0.15) is 0 Å². The second kappa shape index (κ2) is 10.4. The average Bonchev–Trinajstić information content (AvgIpc) is 2.63. The summed E-state index contributed by atoms with van der Waals surface area (Å²) in [6.07, 6.45) is 0. The Morgan fingerprint density at radius 1 is 0.731 bits per heavy atom. The highest BCUT2D eigenvalue weighted by atomic mass is 35.5. The molecule has 0 saturated carbocycles. The molecular weight excluding hydrogens is 389 g/mol. The molecule has 0 radical (unpaired) electrons. The van der Waals surface area contributed by atoms with Crippen LogP contribution in [-0.2, 0) is 19.7 Å². The number of rotatable bonds is 7. The van der Waals surface area contributed by atoms with E-state index in [9.17, 15) is 0 Å². The number of hydrogen-bond donors (Lipinski definition) is 1. The number of hydrogen-bond acceptors (Lipinski definition) is 2. The fourth-order valence-electron chi connectivity index (χ4n) is 2.51. The minimum absolute atomic E-state index is 0. The van der Waals surface area contributed by atoms with Crippen molar-refractivity contribution in [1.29, 1.82) is 0 Å². The lowest BCUT2D eigenvalue weighted by Crippen LogP contribution is -2.13. The minimum atomic E-state index is 0. The van der Waals surface area contributed by atoms with E-state index in [0.717, 1.165) is 28.4 Å². The van der Waals surface area contributed by atoms with Crippen LogP contribution in [0.15, 0.2) is 72.8 Å². The maximum absolute atomic E-state index is 6.15. The van der Waals surface area contributed by atoms with Crippen LogP contribution in [0.2, 0.25) is 10.0 Å². The maximum atomic E-state index is 6.15. The summed E-state index contributed by atoms with van der Waals surface area (Å²) >= 11 is 12.1. The molecule has 0 aliphatic rings. The number of nitrogens with one attached hydrogen (secondary N) is 1. The Labute approximate surface area is 170 Å². The van der Waals surface area contributed by atoms with Crippen LogP contribution >= 0.6 is 35.6 Å². The molecule has 136 valence electrons. The summed E-state index contributed by atoms with van der Waals surface area (Å²) < 4.78 is 5.98. The van der Waals surface area contributed by atoms with Crippen molar-refractivity contribution < 1.29 is 4.74 Å². The Kier molecular flexibility index (Phi) is 8.27. The summed E-state index contributed by atoms with van der Waals surface area (Å²) in [5.41, 5.74) is 3.35. The lowest BCUT2D eigenvalue weighted by Gasteiger charge is -2.13. The lowest BCUT2D eigenvalue weighted by atomic mass is 10.1. The Morgan fingerprint density at radius 3 is 2.15 bits per heavy atom. The molecule has 0 fully saturated rings. The molecule has 0 spiro atoms. The normalized spacial score (nSPS) is 10.2. The molecule has 26 heavy (non-hydrogen) atoms. The van der Waals surface area contributed by atoms with E-state index >= 15 is 0 Å². The Balaban J connectivity index is 0.00000243. The molecule has 0 atom stereocenters. The molecular formula is C21H20Cl3NO. The topological polar surface area (TPSA) is 21.3 Å². The van der Waals surface area contributed by atoms with Crippen LogP contribution in [0.4, 0.5) is 0 Å². The zero-order chi connectivity index (χ0) is 17.5. The van der Waals surface area contributed by atoms with Crippen LogP contribution in [0.3, 0.4) is 0 Å². The van der Waals surface area contributed by atoms with Gasteiger partial charge in [0, 0.05) is 28.7 Å². The minimum Gasteiger partial charge on any atom is -0.489 e. The molecule has 0 saturated heterocycles. The van der Waals surface area contributed by atoms with E-state index < -0.39 is 0 Å². The van der Waals surface area contributed by atoms with Crippen LogP contribution in [0.1, 0.15) is 16.7 Å². The molecule has 2 nitrogen and oxygen atoms in total. The third kappa shape index (κ3) is 6.22. The SMILES string of the molecule is Cl.Clc1ccc(COc2ccc(Cl)cc2CNCc2ccccc2)cc1. The molecule has 0 bridgehead atoms. The number of halogens is 3. The fourth-order valence-corrected chi connectivity index (χ4v) is 2.83. The van der Waals surface area contributed by atoms with E-state index in [-0.39, 0.29) is 12.4 Å². The molecule has 0 aliphatic carbocycles. The van der Waals surface area contributed by atoms with E-state index in [1.54, 1.807) is 0 Å². The van der Waals surface area contributed by atoms with E-state index in [1.807, 2.05) is 60.7 Å². The van der Waals surface area contributed by atoms with Crippen LogP contribution in [0.25, 0.3) is 0 Å². The fraction of sp³-hybridized carbons (Fsp3) is 0.143. The van der Waals surface area contributed by atoms with Gasteiger partial charge in [-0.15, -0.1) is 12.4 Å². The summed E-state index contributed by atoms with van der Waals surface area (Å²) in [6, 6.07) is 23.7. The van der Waals surface area contributed by atoms with Gasteiger partial charge < -0.3 is 10.1 Å². The van der Waals surface area contributed by atoms with Gasteiger partial charge in [-0.25, -0.2) is 0 Å². The van der Waals surface area contributed by atoms with Crippen LogP contribution in [0, 0.1) is 0 Å². The van der Waals surface area contributed by atoms with E-state index in [1.165, 1.54) is 5.56 Å². The monoisotopic (exact) mass is 407 g/mol. The summed E-state index contributed by atoms with van der Waals surface area (Å²) in [4.78, 5) is 0. The molecule has 0 aliphatic heterocycles. The van der Waals surface area contributed by atoms with Crippen molar-refractivity contribution in [2.24, 2.45) is 0 Å². The van der Waals surface area contributed by atoms with Crippen molar-refractivity contribution in [1.82, 2.24) is 5.32 Å². The highest BCUT2D eigenvalue weighted by Crippen LogP contribution is 2.24. The predicted octanol–water partition coefficient (Wildman–Crippen LogP) is 6.28. The quantitative estimate of drug-likeness (QED) is 0.496. The van der Waals surface area contributed by atoms with Gasteiger partial charge in [-0.1, -0.05) is 65.7 Å². The second-order valence-electron chi connectivity index (χ2n) is 5.76. The third-order valence-electron chi connectivity index (χ3n) is 3.82. The largest absolute Gasteiger partial charge is 0.489 e. The highest BCUT2D eigenvalue weighted by Gasteiger charge is 2.06. The number of ether oxygens (including phenoxy) is 1. The Hall–Kier alpha value is -1.71. The zero-order valence-electron chi connectivity index (χ0n) is 14.1. The van der Waals surface area contributed by atoms with Crippen LogP contribution in [0.5, 0.6) is 5.75 Å². The molecule has 3 aromatic rings. The van der Waals surface area contributed by atoms with Gasteiger partial charge in [0.2, 0.25) is 0 Å². The van der Waals surface area contributed by atoms with Crippen LogP contribution < -0.4 is 10.1 Å². The van der Waals surface area contributed by atoms with E-state index in [0.29, 0.717) is 18.2 Å². The predicted molar refractivity (Wildman–Crippen MR) is 111 cm³/mol. The lowest BCUT2D eigenvalue weighted by molar-refractivity contribution is 0.302. The Bertz CT molecular complexity index is 807. The van der Waals surface area contributed by atoms with Crippen molar-refractivity contribution in [3.05, 3.63) is 99.5 Å². The molecule has 0 aromatic heterocycles. The van der Waals surface area contributed by atoms with Crippen molar-refractivity contribution in [3.8, 4) is 5.75 Å². The smallest absolute Gasteiger partial charge is 0.124 e. The average molecular weight is 409 g/mol. The first kappa shape index (κ1) is 20.6. The summed E-state index contributed by atoms with van der Waals surface area (Å²) in [6.45, 7) is 1.97. The van der Waals surface area contributed by atoms with Crippen molar-refractivity contribution in [3.63, 3.8) is 0 Å². The van der Waals surface area contributed by atoms with Gasteiger partial charge in [-0.3, -0.25) is 0 Å². The van der Waals surface area contributed by atoms with Gasteiger partial charge >= 0.3 is 0 Å². The highest BCUT2D eigenvalue weighted by molar-refractivity contribution is 6.30. The van der Waals surface area contributed by atoms with Gasteiger partial charge in [-0.05, 0) is 41.5 Å². The summed E-state index contributed by atoms with van der Waals surface area (Å²) in [5, 5.41) is 4.86. The van der Waals surface area contributed by atoms with E-state index in [4.69, 9.17) is 27.9 Å². The number of benzene rings is 3. The summed E-state index contributed by atoms with van der Waals surface area (Å²) in [5.74, 6) is 0.833. The van der Waals surface area contributed by atoms with Gasteiger partial charge in [0.1, 0.15) is 12.4 Å². The Morgan fingerprint density at radius 2 is 1.42 bits per heavy atom.